The Morgan fingerprint density at radius 1 is 1.31 bits per heavy atom. The summed E-state index contributed by atoms with van der Waals surface area (Å²) in [4.78, 5) is 0. The van der Waals surface area contributed by atoms with Gasteiger partial charge < -0.3 is 4.74 Å². The number of rotatable bonds is 2. The lowest BCUT2D eigenvalue weighted by Gasteiger charge is -2.05. The Kier molecular flexibility index (Phi) is 3.63. The maximum atomic E-state index is 13.2. The van der Waals surface area contributed by atoms with E-state index < -0.39 is 5.82 Å². The third-order valence-corrected chi connectivity index (χ3v) is 3.37. The minimum atomic E-state index is -0.584. The average molecular weight is 344 g/mol. The first-order valence-electron chi connectivity index (χ1n) is 3.88. The first-order valence-corrected chi connectivity index (χ1v) is 6.16. The molecular formula is C8H2BrCl2FN2OS. The predicted octanol–water partition coefficient (Wildman–Crippen LogP) is 4.54. The number of nitrogens with zero attached hydrogens (tertiary/aromatic N) is 2. The van der Waals surface area contributed by atoms with Crippen LogP contribution in [0.2, 0.25) is 10.2 Å². The first kappa shape index (κ1) is 12.0. The standard InChI is InChI=1S/C8H2BrCl2FN2OS/c9-3-1-4(10)5(12)2-6(3)15-8-7(11)13-16-14-8/h1-2H. The summed E-state index contributed by atoms with van der Waals surface area (Å²) in [6.07, 6.45) is 0. The molecule has 1 aromatic carbocycles. The van der Waals surface area contributed by atoms with E-state index in [4.69, 9.17) is 27.9 Å². The van der Waals surface area contributed by atoms with Crippen molar-refractivity contribution in [2.75, 3.05) is 0 Å². The molecule has 1 heterocycles. The minimum absolute atomic E-state index is 0.00160. The Labute approximate surface area is 113 Å². The van der Waals surface area contributed by atoms with Gasteiger partial charge in [-0.1, -0.05) is 23.2 Å². The SMILES string of the molecule is Fc1cc(Oc2nsnc2Cl)c(Br)cc1Cl. The Hall–Kier alpha value is -0.430. The lowest BCUT2D eigenvalue weighted by atomic mass is 10.3. The summed E-state index contributed by atoms with van der Waals surface area (Å²) in [5, 5.41) is 0.133. The van der Waals surface area contributed by atoms with Crippen LogP contribution in [0, 0.1) is 5.82 Å². The zero-order valence-corrected chi connectivity index (χ0v) is 11.3. The van der Waals surface area contributed by atoms with Crippen molar-refractivity contribution in [3.8, 4) is 11.6 Å². The van der Waals surface area contributed by atoms with Gasteiger partial charge in [0.1, 0.15) is 11.6 Å². The third kappa shape index (κ3) is 2.45. The minimum Gasteiger partial charge on any atom is -0.434 e. The van der Waals surface area contributed by atoms with Crippen LogP contribution >= 0.6 is 50.9 Å². The van der Waals surface area contributed by atoms with Gasteiger partial charge in [-0.15, -0.1) is 4.37 Å². The van der Waals surface area contributed by atoms with Crippen molar-refractivity contribution in [1.29, 1.82) is 0 Å². The molecule has 0 atom stereocenters. The van der Waals surface area contributed by atoms with Gasteiger partial charge in [-0.05, 0) is 22.0 Å². The van der Waals surface area contributed by atoms with E-state index in [1.54, 1.807) is 0 Å². The summed E-state index contributed by atoms with van der Waals surface area (Å²) >= 11 is 15.4. The van der Waals surface area contributed by atoms with Gasteiger partial charge in [0.25, 0.3) is 5.88 Å². The smallest absolute Gasteiger partial charge is 0.270 e. The van der Waals surface area contributed by atoms with Gasteiger partial charge in [0.2, 0.25) is 5.15 Å². The molecule has 1 aromatic heterocycles. The van der Waals surface area contributed by atoms with Crippen molar-refractivity contribution in [1.82, 2.24) is 8.75 Å². The Balaban J connectivity index is 2.35. The van der Waals surface area contributed by atoms with Crippen LogP contribution in [0.5, 0.6) is 11.6 Å². The van der Waals surface area contributed by atoms with Gasteiger partial charge in [-0.3, -0.25) is 0 Å². The van der Waals surface area contributed by atoms with Crippen molar-refractivity contribution in [3.63, 3.8) is 0 Å². The zero-order chi connectivity index (χ0) is 11.7. The summed E-state index contributed by atoms with van der Waals surface area (Å²) in [5.74, 6) is -0.218. The summed E-state index contributed by atoms with van der Waals surface area (Å²) in [5.41, 5.74) is 0. The molecule has 2 aromatic rings. The van der Waals surface area contributed by atoms with Crippen LogP contribution in [0.1, 0.15) is 0 Å². The molecule has 0 aliphatic carbocycles. The van der Waals surface area contributed by atoms with E-state index in [2.05, 4.69) is 24.7 Å². The van der Waals surface area contributed by atoms with E-state index in [0.717, 1.165) is 17.8 Å². The highest BCUT2D eigenvalue weighted by atomic mass is 79.9. The predicted molar refractivity (Wildman–Crippen MR) is 64.1 cm³/mol. The van der Waals surface area contributed by atoms with Gasteiger partial charge in [-0.25, -0.2) is 4.39 Å². The summed E-state index contributed by atoms with van der Waals surface area (Å²) in [7, 11) is 0. The second kappa shape index (κ2) is 4.83. The second-order valence-corrected chi connectivity index (χ2v) is 4.81. The van der Waals surface area contributed by atoms with Crippen molar-refractivity contribution < 1.29 is 9.13 Å². The van der Waals surface area contributed by atoms with Crippen molar-refractivity contribution in [2.24, 2.45) is 0 Å². The van der Waals surface area contributed by atoms with Crippen LogP contribution in [0.15, 0.2) is 16.6 Å². The van der Waals surface area contributed by atoms with Gasteiger partial charge >= 0.3 is 0 Å². The fourth-order valence-corrected chi connectivity index (χ4v) is 2.25. The molecule has 0 spiro atoms. The van der Waals surface area contributed by atoms with Gasteiger partial charge in [0, 0.05) is 6.07 Å². The maximum absolute atomic E-state index is 13.2. The Morgan fingerprint density at radius 3 is 2.69 bits per heavy atom. The number of ether oxygens (including phenoxy) is 1. The van der Waals surface area contributed by atoms with Crippen molar-refractivity contribution >= 4 is 50.9 Å². The van der Waals surface area contributed by atoms with E-state index in [1.807, 2.05) is 0 Å². The highest BCUT2D eigenvalue weighted by molar-refractivity contribution is 9.10. The van der Waals surface area contributed by atoms with Gasteiger partial charge in [-0.2, -0.15) is 4.37 Å². The van der Waals surface area contributed by atoms with Crippen molar-refractivity contribution in [3.05, 3.63) is 32.6 Å². The fourth-order valence-electron chi connectivity index (χ4n) is 0.917. The molecule has 0 saturated heterocycles. The molecule has 2 rings (SSSR count). The zero-order valence-electron chi connectivity index (χ0n) is 7.38. The van der Waals surface area contributed by atoms with E-state index in [1.165, 1.54) is 6.07 Å². The third-order valence-electron chi connectivity index (χ3n) is 1.60. The van der Waals surface area contributed by atoms with Crippen LogP contribution in [0.25, 0.3) is 0 Å². The molecular weight excluding hydrogens is 342 g/mol. The molecule has 8 heteroatoms. The summed E-state index contributed by atoms with van der Waals surface area (Å²) in [6.45, 7) is 0. The number of hydrogen-bond acceptors (Lipinski definition) is 4. The van der Waals surface area contributed by atoms with Crippen LogP contribution in [0.3, 0.4) is 0 Å². The second-order valence-electron chi connectivity index (χ2n) is 2.66. The lowest BCUT2D eigenvalue weighted by Crippen LogP contribution is -1.88. The van der Waals surface area contributed by atoms with Crippen LogP contribution in [-0.2, 0) is 0 Å². The largest absolute Gasteiger partial charge is 0.434 e. The molecule has 84 valence electrons. The van der Waals surface area contributed by atoms with Crippen LogP contribution in [-0.4, -0.2) is 8.75 Å². The molecule has 16 heavy (non-hydrogen) atoms. The first-order chi connectivity index (χ1) is 7.58. The topological polar surface area (TPSA) is 35.0 Å². The quantitative estimate of drug-likeness (QED) is 0.751. The number of benzene rings is 1. The van der Waals surface area contributed by atoms with Crippen LogP contribution < -0.4 is 4.74 Å². The molecule has 0 radical (unpaired) electrons. The normalized spacial score (nSPS) is 10.5. The number of aromatic nitrogens is 2. The monoisotopic (exact) mass is 342 g/mol. The number of halogens is 4. The molecule has 0 amide bonds. The average Bonchev–Trinajstić information content (AvgIpc) is 2.61. The Bertz CT molecular complexity index is 537. The molecule has 0 aliphatic heterocycles. The van der Waals surface area contributed by atoms with E-state index in [9.17, 15) is 4.39 Å². The molecule has 0 unspecified atom stereocenters. The highest BCUT2D eigenvalue weighted by Crippen LogP contribution is 2.35. The molecule has 3 nitrogen and oxygen atoms in total. The summed E-state index contributed by atoms with van der Waals surface area (Å²) < 4.78 is 26.5. The highest BCUT2D eigenvalue weighted by Gasteiger charge is 2.13. The lowest BCUT2D eigenvalue weighted by molar-refractivity contribution is 0.460. The maximum Gasteiger partial charge on any atom is 0.270 e. The van der Waals surface area contributed by atoms with E-state index in [-0.39, 0.29) is 21.8 Å². The number of hydrogen-bond donors (Lipinski definition) is 0. The van der Waals surface area contributed by atoms with Gasteiger partial charge in [0.15, 0.2) is 0 Å². The van der Waals surface area contributed by atoms with E-state index in [0.29, 0.717) is 4.47 Å². The fraction of sp³-hybridized carbons (Fsp3) is 0. The molecule has 0 bridgehead atoms. The van der Waals surface area contributed by atoms with Crippen LogP contribution in [0.4, 0.5) is 4.39 Å². The Morgan fingerprint density at radius 2 is 2.06 bits per heavy atom. The van der Waals surface area contributed by atoms with Crippen molar-refractivity contribution in [2.45, 2.75) is 0 Å². The molecule has 0 N–H and O–H groups in total. The van der Waals surface area contributed by atoms with Gasteiger partial charge in [0.05, 0.1) is 21.2 Å². The molecule has 0 aliphatic rings. The molecule has 0 saturated carbocycles. The van der Waals surface area contributed by atoms with E-state index >= 15 is 0 Å². The molecule has 0 fully saturated rings. The summed E-state index contributed by atoms with van der Waals surface area (Å²) in [6, 6.07) is 2.53.